The number of hydrogen-bond acceptors (Lipinski definition) is 4. The molecule has 0 radical (unpaired) electrons. The molecule has 1 aromatic heterocycles. The molecule has 0 spiro atoms. The number of pyridine rings is 1. The van der Waals surface area contributed by atoms with Gasteiger partial charge in [-0.25, -0.2) is 18.6 Å². The second-order valence-electron chi connectivity index (χ2n) is 5.18. The van der Waals surface area contributed by atoms with Crippen LogP contribution in [0.4, 0.5) is 0 Å². The van der Waals surface area contributed by atoms with Gasteiger partial charge >= 0.3 is 0 Å². The molecule has 0 fully saturated rings. The molecule has 0 aliphatic carbocycles. The van der Waals surface area contributed by atoms with Crippen molar-refractivity contribution < 1.29 is 33.4 Å². The van der Waals surface area contributed by atoms with Crippen LogP contribution < -0.4 is 23.2 Å². The molecule has 0 N–H and O–H groups in total. The Morgan fingerprint density at radius 3 is 2.04 bits per heavy atom. The van der Waals surface area contributed by atoms with E-state index in [-0.39, 0.29) is 0 Å². The van der Waals surface area contributed by atoms with E-state index < -0.39 is 10.2 Å². The smallest absolute Gasteiger partial charge is 0.212 e. The number of para-hydroxylation sites is 1. The number of aromatic nitrogens is 1. The highest BCUT2D eigenvalue weighted by Gasteiger charge is 2.10. The Morgan fingerprint density at radius 2 is 1.40 bits per heavy atom. The Balaban J connectivity index is 0.000000399. The van der Waals surface area contributed by atoms with Gasteiger partial charge in [0.05, 0.1) is 0 Å². The molecule has 5 nitrogen and oxygen atoms in total. The minimum Gasteiger partial charge on any atom is -0.222 e. The second kappa shape index (κ2) is 8.71. The van der Waals surface area contributed by atoms with E-state index in [4.69, 9.17) is 18.6 Å². The summed E-state index contributed by atoms with van der Waals surface area (Å²) in [5.74, 6) is 0. The average Bonchev–Trinajstić information content (AvgIpc) is 2.59. The van der Waals surface area contributed by atoms with E-state index in [1.54, 1.807) is 0 Å². The Kier molecular flexibility index (Phi) is 6.64. The largest absolute Gasteiger partial charge is 0.222 e. The third kappa shape index (κ3) is 6.26. The molecule has 6 heteroatoms. The van der Waals surface area contributed by atoms with Crippen molar-refractivity contribution >= 4 is 23.1 Å². The number of hydrogen-bond donors (Lipinski definition) is 0. The molecule has 3 rings (SSSR count). The van der Waals surface area contributed by atoms with Gasteiger partial charge in [0.25, 0.3) is 0 Å². The minimum absolute atomic E-state index is 0.968. The van der Waals surface area contributed by atoms with E-state index in [0.717, 1.165) is 6.54 Å². The fourth-order valence-corrected chi connectivity index (χ4v) is 2.52. The van der Waals surface area contributed by atoms with Crippen molar-refractivity contribution in [1.29, 1.82) is 0 Å². The van der Waals surface area contributed by atoms with Crippen molar-refractivity contribution in [2.75, 3.05) is 0 Å². The molecular formula is C19H18ClNO4. The molecule has 0 amide bonds. The summed E-state index contributed by atoms with van der Waals surface area (Å²) in [6, 6.07) is 23.3. The summed E-state index contributed by atoms with van der Waals surface area (Å²) in [4.78, 5) is 0. The van der Waals surface area contributed by atoms with Gasteiger partial charge in [0.15, 0.2) is 0 Å². The van der Waals surface area contributed by atoms with Crippen LogP contribution in [0.25, 0.3) is 23.1 Å². The summed E-state index contributed by atoms with van der Waals surface area (Å²) in [6.45, 7) is 3.15. The van der Waals surface area contributed by atoms with Crippen LogP contribution in [0.3, 0.4) is 0 Å². The molecule has 2 aromatic carbocycles. The van der Waals surface area contributed by atoms with Crippen LogP contribution in [0.15, 0.2) is 66.7 Å². The molecule has 0 aliphatic heterocycles. The number of fused-ring (bicyclic) bond motifs is 1. The van der Waals surface area contributed by atoms with Gasteiger partial charge < -0.3 is 0 Å². The van der Waals surface area contributed by atoms with Crippen molar-refractivity contribution in [1.82, 2.24) is 0 Å². The molecular weight excluding hydrogens is 342 g/mol. The van der Waals surface area contributed by atoms with Gasteiger partial charge in [-0.3, -0.25) is 0 Å². The topological polar surface area (TPSA) is 96.1 Å². The molecule has 0 saturated carbocycles. The highest BCUT2D eigenvalue weighted by molar-refractivity contribution is 5.77. The van der Waals surface area contributed by atoms with Crippen LogP contribution in [0, 0.1) is 10.2 Å². The standard InChI is InChI=1S/C19H18N.ClHO4/c1-2-20-18(14-12-16-8-4-3-5-9-16)15-13-17-10-6-7-11-19(17)20;2-1(3,4)5/h3-15H,2H2,1H3;(H,2,3,4,5)/q+1;/p-1/b14-12+;. The Labute approximate surface area is 148 Å². The van der Waals surface area contributed by atoms with Gasteiger partial charge in [0, 0.05) is 23.6 Å². The normalized spacial score (nSPS) is 11.4. The maximum absolute atomic E-state index is 8.49. The van der Waals surface area contributed by atoms with E-state index in [2.05, 4.69) is 84.3 Å². The van der Waals surface area contributed by atoms with Crippen LogP contribution in [-0.2, 0) is 6.54 Å². The maximum Gasteiger partial charge on any atom is 0.212 e. The molecule has 25 heavy (non-hydrogen) atoms. The molecule has 130 valence electrons. The first-order chi connectivity index (χ1) is 11.9. The highest BCUT2D eigenvalue weighted by atomic mass is 35.7. The summed E-state index contributed by atoms with van der Waals surface area (Å²) < 4.78 is 36.3. The number of aryl methyl sites for hydroxylation is 1. The van der Waals surface area contributed by atoms with Crippen molar-refractivity contribution in [3.63, 3.8) is 0 Å². The van der Waals surface area contributed by atoms with Crippen molar-refractivity contribution in [3.05, 3.63) is 78.0 Å². The summed E-state index contributed by atoms with van der Waals surface area (Å²) >= 11 is 0. The quantitative estimate of drug-likeness (QED) is 0.592. The van der Waals surface area contributed by atoms with Gasteiger partial charge in [0.2, 0.25) is 11.2 Å². The molecule has 3 aromatic rings. The fraction of sp³-hybridized carbons (Fsp3) is 0.105. The summed E-state index contributed by atoms with van der Waals surface area (Å²) in [7, 11) is -4.94. The van der Waals surface area contributed by atoms with E-state index >= 15 is 0 Å². The molecule has 1 heterocycles. The van der Waals surface area contributed by atoms with Gasteiger partial charge in [0.1, 0.15) is 6.54 Å². The number of rotatable bonds is 3. The van der Waals surface area contributed by atoms with E-state index in [9.17, 15) is 0 Å². The zero-order chi connectivity index (χ0) is 18.3. The lowest BCUT2D eigenvalue weighted by Gasteiger charge is -2.17. The van der Waals surface area contributed by atoms with Crippen LogP contribution in [-0.4, -0.2) is 0 Å². The molecule has 0 atom stereocenters. The lowest BCUT2D eigenvalue weighted by molar-refractivity contribution is -2.00. The van der Waals surface area contributed by atoms with Crippen LogP contribution in [0.5, 0.6) is 0 Å². The Hall–Kier alpha value is -2.28. The maximum atomic E-state index is 8.49. The molecule has 0 bridgehead atoms. The number of nitrogens with zero attached hydrogens (tertiary/aromatic N) is 1. The number of halogens is 1. The minimum atomic E-state index is -4.94. The lowest BCUT2D eigenvalue weighted by atomic mass is 10.1. The summed E-state index contributed by atoms with van der Waals surface area (Å²) in [5.41, 5.74) is 3.74. The lowest BCUT2D eigenvalue weighted by Crippen LogP contribution is -2.68. The zero-order valence-corrected chi connectivity index (χ0v) is 14.4. The van der Waals surface area contributed by atoms with Crippen molar-refractivity contribution in [2.24, 2.45) is 0 Å². The fourth-order valence-electron chi connectivity index (χ4n) is 2.52. The molecule has 0 saturated heterocycles. The van der Waals surface area contributed by atoms with Gasteiger partial charge in [-0.2, -0.15) is 4.57 Å². The first-order valence-electron chi connectivity index (χ1n) is 7.65. The molecule has 0 unspecified atom stereocenters. The van der Waals surface area contributed by atoms with Crippen molar-refractivity contribution in [3.8, 4) is 0 Å². The third-order valence-electron chi connectivity index (χ3n) is 3.54. The van der Waals surface area contributed by atoms with Crippen molar-refractivity contribution in [2.45, 2.75) is 13.5 Å². The van der Waals surface area contributed by atoms with Gasteiger partial charge in [-0.05, 0) is 30.7 Å². The highest BCUT2D eigenvalue weighted by Crippen LogP contribution is 2.12. The third-order valence-corrected chi connectivity index (χ3v) is 3.54. The predicted octanol–water partition coefficient (Wildman–Crippen LogP) is -0.438. The van der Waals surface area contributed by atoms with E-state index in [1.807, 2.05) is 6.07 Å². The van der Waals surface area contributed by atoms with E-state index in [0.29, 0.717) is 0 Å². The van der Waals surface area contributed by atoms with Crippen LogP contribution in [0.2, 0.25) is 0 Å². The summed E-state index contributed by atoms with van der Waals surface area (Å²) in [6.07, 6.45) is 4.35. The predicted molar refractivity (Wildman–Crippen MR) is 85.2 cm³/mol. The first-order valence-corrected chi connectivity index (χ1v) is 8.88. The average molecular weight is 360 g/mol. The monoisotopic (exact) mass is 359 g/mol. The van der Waals surface area contributed by atoms with Gasteiger partial charge in [-0.1, -0.05) is 42.5 Å². The zero-order valence-electron chi connectivity index (χ0n) is 13.7. The Morgan fingerprint density at radius 1 is 0.800 bits per heavy atom. The van der Waals surface area contributed by atoms with E-state index in [1.165, 1.54) is 22.2 Å². The van der Waals surface area contributed by atoms with Crippen LogP contribution in [0.1, 0.15) is 18.2 Å². The number of benzene rings is 2. The second-order valence-corrected chi connectivity index (χ2v) is 5.94. The Bertz CT molecular complexity index is 839. The molecule has 0 aliphatic rings. The first kappa shape index (κ1) is 19.1. The van der Waals surface area contributed by atoms with Gasteiger partial charge in [-0.15, -0.1) is 10.2 Å². The summed E-state index contributed by atoms with van der Waals surface area (Å²) in [5, 5.41) is 1.28. The SMILES string of the molecule is CC[n+]1c(/C=C/c2ccccc2)ccc2ccccc21.[O-][Cl+3]([O-])([O-])[O-]. The van der Waals surface area contributed by atoms with Crippen LogP contribution >= 0.6 is 0 Å².